The Morgan fingerprint density at radius 1 is 1.00 bits per heavy atom. The number of carbonyl (C=O) groups is 1. The minimum Gasteiger partial charge on any atom is -0.321 e. The lowest BCUT2D eigenvalue weighted by Gasteiger charge is -2.07. The number of anilines is 1. The van der Waals surface area contributed by atoms with E-state index in [0.29, 0.717) is 0 Å². The van der Waals surface area contributed by atoms with E-state index >= 15 is 0 Å². The maximum atomic E-state index is 13.3. The van der Waals surface area contributed by atoms with Crippen molar-refractivity contribution in [1.82, 2.24) is 0 Å². The standard InChI is InChI=1S/C16H8F5NO/c17-12-6-10-11(15(23)22-14(10)7-13(12)18)5-8-2-1-3-9(4-8)16(19,20)21/h1-7H,(H,22,23). The van der Waals surface area contributed by atoms with Crippen molar-refractivity contribution in [3.63, 3.8) is 0 Å². The number of halogens is 5. The third-order valence-corrected chi connectivity index (χ3v) is 3.37. The molecule has 3 rings (SSSR count). The van der Waals surface area contributed by atoms with Crippen molar-refractivity contribution in [3.8, 4) is 0 Å². The van der Waals surface area contributed by atoms with Crippen LogP contribution in [0.3, 0.4) is 0 Å². The summed E-state index contributed by atoms with van der Waals surface area (Å²) >= 11 is 0. The highest BCUT2D eigenvalue weighted by atomic mass is 19.4. The maximum Gasteiger partial charge on any atom is 0.416 e. The third-order valence-electron chi connectivity index (χ3n) is 3.37. The Kier molecular flexibility index (Phi) is 3.43. The summed E-state index contributed by atoms with van der Waals surface area (Å²) in [6.45, 7) is 0. The molecule has 118 valence electrons. The predicted molar refractivity (Wildman–Crippen MR) is 74.3 cm³/mol. The zero-order chi connectivity index (χ0) is 16.8. The maximum absolute atomic E-state index is 13.3. The smallest absolute Gasteiger partial charge is 0.321 e. The van der Waals surface area contributed by atoms with Crippen molar-refractivity contribution in [2.24, 2.45) is 0 Å². The number of rotatable bonds is 1. The van der Waals surface area contributed by atoms with Gasteiger partial charge in [-0.15, -0.1) is 0 Å². The van der Waals surface area contributed by atoms with Crippen molar-refractivity contribution in [2.45, 2.75) is 6.18 Å². The summed E-state index contributed by atoms with van der Waals surface area (Å²) in [5.41, 5.74) is -0.588. The molecule has 2 aromatic rings. The van der Waals surface area contributed by atoms with Gasteiger partial charge in [-0.1, -0.05) is 12.1 Å². The monoisotopic (exact) mass is 325 g/mol. The topological polar surface area (TPSA) is 29.1 Å². The Balaban J connectivity index is 2.08. The minimum atomic E-state index is -4.51. The van der Waals surface area contributed by atoms with Crippen LogP contribution in [0.4, 0.5) is 27.6 Å². The van der Waals surface area contributed by atoms with Crippen LogP contribution in [0.2, 0.25) is 0 Å². The number of alkyl halides is 3. The van der Waals surface area contributed by atoms with Crippen LogP contribution in [0, 0.1) is 11.6 Å². The highest BCUT2D eigenvalue weighted by Crippen LogP contribution is 2.35. The molecule has 0 spiro atoms. The van der Waals surface area contributed by atoms with Crippen molar-refractivity contribution in [1.29, 1.82) is 0 Å². The first-order valence-electron chi connectivity index (χ1n) is 6.45. The lowest BCUT2D eigenvalue weighted by atomic mass is 10.0. The zero-order valence-electron chi connectivity index (χ0n) is 11.3. The molecule has 0 saturated carbocycles. The number of carbonyl (C=O) groups excluding carboxylic acids is 1. The first-order valence-corrected chi connectivity index (χ1v) is 6.45. The van der Waals surface area contributed by atoms with E-state index in [4.69, 9.17) is 0 Å². The average Bonchev–Trinajstić information content (AvgIpc) is 2.75. The van der Waals surface area contributed by atoms with Gasteiger partial charge in [0.05, 0.1) is 11.3 Å². The number of amides is 1. The summed E-state index contributed by atoms with van der Waals surface area (Å²) in [5, 5.41) is 2.34. The van der Waals surface area contributed by atoms with E-state index in [0.717, 1.165) is 24.3 Å². The molecular formula is C16H8F5NO. The molecule has 1 N–H and O–H groups in total. The molecule has 0 atom stereocenters. The quantitative estimate of drug-likeness (QED) is 0.608. The number of nitrogens with one attached hydrogen (secondary N) is 1. The fraction of sp³-hybridized carbons (Fsp3) is 0.0625. The van der Waals surface area contributed by atoms with Crippen molar-refractivity contribution in [3.05, 3.63) is 64.7 Å². The SMILES string of the molecule is O=C1Nc2cc(F)c(F)cc2C1=Cc1cccc(C(F)(F)F)c1. The molecule has 7 heteroatoms. The van der Waals surface area contributed by atoms with Gasteiger partial charge in [-0.25, -0.2) is 8.78 Å². The molecule has 0 radical (unpaired) electrons. The van der Waals surface area contributed by atoms with Crippen LogP contribution in [0.15, 0.2) is 36.4 Å². The molecule has 0 unspecified atom stereocenters. The van der Waals surface area contributed by atoms with E-state index in [1.165, 1.54) is 18.2 Å². The molecule has 0 aromatic heterocycles. The van der Waals surface area contributed by atoms with E-state index in [1.807, 2.05) is 0 Å². The average molecular weight is 325 g/mol. The second-order valence-electron chi connectivity index (χ2n) is 4.95. The van der Waals surface area contributed by atoms with Gasteiger partial charge in [-0.05, 0) is 29.8 Å². The van der Waals surface area contributed by atoms with Crippen molar-refractivity contribution < 1.29 is 26.7 Å². The summed E-state index contributed by atoms with van der Waals surface area (Å²) in [7, 11) is 0. The molecule has 1 amide bonds. The highest BCUT2D eigenvalue weighted by Gasteiger charge is 2.31. The number of hydrogen-bond donors (Lipinski definition) is 1. The van der Waals surface area contributed by atoms with Gasteiger partial charge in [0, 0.05) is 17.2 Å². The van der Waals surface area contributed by atoms with Gasteiger partial charge in [0.1, 0.15) is 0 Å². The second kappa shape index (κ2) is 5.19. The van der Waals surface area contributed by atoms with Gasteiger partial charge in [0.25, 0.3) is 5.91 Å². The van der Waals surface area contributed by atoms with E-state index < -0.39 is 29.3 Å². The van der Waals surface area contributed by atoms with E-state index in [1.54, 1.807) is 0 Å². The molecule has 1 heterocycles. The van der Waals surface area contributed by atoms with E-state index in [2.05, 4.69) is 5.32 Å². The van der Waals surface area contributed by atoms with Crippen LogP contribution in [0.25, 0.3) is 11.6 Å². The van der Waals surface area contributed by atoms with Crippen LogP contribution in [0.5, 0.6) is 0 Å². The van der Waals surface area contributed by atoms with Crippen molar-refractivity contribution in [2.75, 3.05) is 5.32 Å². The molecule has 1 aliphatic heterocycles. The normalized spacial score (nSPS) is 15.7. The molecule has 0 aliphatic carbocycles. The van der Waals surface area contributed by atoms with Crippen LogP contribution >= 0.6 is 0 Å². The zero-order valence-corrected chi connectivity index (χ0v) is 11.3. The number of fused-ring (bicyclic) bond motifs is 1. The Morgan fingerprint density at radius 3 is 2.39 bits per heavy atom. The summed E-state index contributed by atoms with van der Waals surface area (Å²) in [4.78, 5) is 11.9. The van der Waals surface area contributed by atoms with E-state index in [9.17, 15) is 26.7 Å². The first kappa shape index (κ1) is 15.2. The largest absolute Gasteiger partial charge is 0.416 e. The lowest BCUT2D eigenvalue weighted by Crippen LogP contribution is -2.05. The van der Waals surface area contributed by atoms with Crippen LogP contribution in [-0.4, -0.2) is 5.91 Å². The molecule has 23 heavy (non-hydrogen) atoms. The third kappa shape index (κ3) is 2.81. The summed E-state index contributed by atoms with van der Waals surface area (Å²) in [6.07, 6.45) is -3.31. The Labute approximate surface area is 127 Å². The van der Waals surface area contributed by atoms with E-state index in [-0.39, 0.29) is 22.4 Å². The van der Waals surface area contributed by atoms with Crippen LogP contribution < -0.4 is 5.32 Å². The molecule has 2 aromatic carbocycles. The molecular weight excluding hydrogens is 317 g/mol. The van der Waals surface area contributed by atoms with Crippen molar-refractivity contribution >= 4 is 23.2 Å². The van der Waals surface area contributed by atoms with Gasteiger partial charge < -0.3 is 5.32 Å². The Hall–Kier alpha value is -2.70. The lowest BCUT2D eigenvalue weighted by molar-refractivity contribution is -0.137. The van der Waals surface area contributed by atoms with Gasteiger partial charge in [-0.3, -0.25) is 4.79 Å². The van der Waals surface area contributed by atoms with Gasteiger partial charge in [0.2, 0.25) is 0 Å². The summed E-state index contributed by atoms with van der Waals surface area (Å²) in [6, 6.07) is 6.02. The highest BCUT2D eigenvalue weighted by molar-refractivity contribution is 6.34. The molecule has 2 nitrogen and oxygen atoms in total. The second-order valence-corrected chi connectivity index (χ2v) is 4.95. The minimum absolute atomic E-state index is 0.0294. The van der Waals surface area contributed by atoms with Gasteiger partial charge in [0.15, 0.2) is 11.6 Å². The van der Waals surface area contributed by atoms with Crippen LogP contribution in [-0.2, 0) is 11.0 Å². The summed E-state index contributed by atoms with van der Waals surface area (Å²) < 4.78 is 64.6. The fourth-order valence-electron chi connectivity index (χ4n) is 2.30. The Morgan fingerprint density at radius 2 is 1.70 bits per heavy atom. The summed E-state index contributed by atoms with van der Waals surface area (Å²) in [5.74, 6) is -2.90. The first-order chi connectivity index (χ1) is 10.8. The predicted octanol–water partition coefficient (Wildman–Crippen LogP) is 4.48. The fourth-order valence-corrected chi connectivity index (χ4v) is 2.30. The molecule has 1 aliphatic rings. The Bertz CT molecular complexity index is 839. The molecule has 0 saturated heterocycles. The van der Waals surface area contributed by atoms with Crippen LogP contribution in [0.1, 0.15) is 16.7 Å². The molecule has 0 bridgehead atoms. The number of hydrogen-bond acceptors (Lipinski definition) is 1. The number of benzene rings is 2. The van der Waals surface area contributed by atoms with Gasteiger partial charge >= 0.3 is 6.18 Å². The van der Waals surface area contributed by atoms with Gasteiger partial charge in [-0.2, -0.15) is 13.2 Å². The molecule has 0 fully saturated rings.